The molecule has 0 unspecified atom stereocenters. The Labute approximate surface area is 134 Å². The molecule has 0 atom stereocenters. The molecule has 3 nitrogen and oxygen atoms in total. The number of fused-ring (bicyclic) bond motifs is 1. The number of hydrogen-bond donors (Lipinski definition) is 1. The van der Waals surface area contributed by atoms with Crippen molar-refractivity contribution in [2.75, 3.05) is 12.4 Å². The predicted octanol–water partition coefficient (Wildman–Crippen LogP) is 4.86. The van der Waals surface area contributed by atoms with Gasteiger partial charge in [-0.05, 0) is 46.6 Å². The second-order valence-electron chi connectivity index (χ2n) is 4.56. The van der Waals surface area contributed by atoms with E-state index >= 15 is 0 Å². The van der Waals surface area contributed by atoms with E-state index in [0.29, 0.717) is 10.3 Å². The molecule has 2 aromatic heterocycles. The van der Waals surface area contributed by atoms with Crippen LogP contribution >= 0.6 is 27.3 Å². The highest BCUT2D eigenvalue weighted by atomic mass is 79.9. The van der Waals surface area contributed by atoms with Gasteiger partial charge in [-0.25, -0.2) is 14.4 Å². The second-order valence-corrected chi connectivity index (χ2v) is 6.52. The van der Waals surface area contributed by atoms with E-state index in [1.165, 1.54) is 17.0 Å². The molecule has 0 aliphatic rings. The molecule has 0 saturated heterocycles. The third kappa shape index (κ3) is 2.65. The van der Waals surface area contributed by atoms with E-state index in [0.717, 1.165) is 28.0 Å². The van der Waals surface area contributed by atoms with Crippen molar-refractivity contribution < 1.29 is 4.39 Å². The molecule has 3 aromatic rings. The molecular formula is C15H13BrFN3S. The van der Waals surface area contributed by atoms with Crippen LogP contribution in [0, 0.1) is 5.82 Å². The van der Waals surface area contributed by atoms with Crippen LogP contribution in [0.15, 0.2) is 28.7 Å². The minimum atomic E-state index is -0.287. The molecule has 2 heterocycles. The van der Waals surface area contributed by atoms with Gasteiger partial charge in [-0.3, -0.25) is 0 Å². The number of benzene rings is 1. The molecule has 108 valence electrons. The van der Waals surface area contributed by atoms with E-state index in [-0.39, 0.29) is 5.82 Å². The first-order chi connectivity index (χ1) is 10.1. The summed E-state index contributed by atoms with van der Waals surface area (Å²) in [6.07, 6.45) is 0.972. The van der Waals surface area contributed by atoms with Crippen LogP contribution in [0.3, 0.4) is 0 Å². The summed E-state index contributed by atoms with van der Waals surface area (Å²) in [5, 5.41) is 4.14. The third-order valence-corrected chi connectivity index (χ3v) is 5.03. The molecular weight excluding hydrogens is 353 g/mol. The number of anilines is 1. The van der Waals surface area contributed by atoms with Crippen molar-refractivity contribution in [3.05, 3.63) is 39.4 Å². The van der Waals surface area contributed by atoms with Crippen molar-refractivity contribution in [1.82, 2.24) is 9.97 Å². The smallest absolute Gasteiger partial charge is 0.164 e. The fraction of sp³-hybridized carbons (Fsp3) is 0.200. The van der Waals surface area contributed by atoms with Gasteiger partial charge >= 0.3 is 0 Å². The lowest BCUT2D eigenvalue weighted by atomic mass is 10.2. The van der Waals surface area contributed by atoms with Crippen LogP contribution in [-0.2, 0) is 6.42 Å². The maximum atomic E-state index is 13.2. The van der Waals surface area contributed by atoms with Gasteiger partial charge in [-0.15, -0.1) is 11.3 Å². The topological polar surface area (TPSA) is 37.8 Å². The minimum Gasteiger partial charge on any atom is -0.372 e. The van der Waals surface area contributed by atoms with Crippen LogP contribution in [-0.4, -0.2) is 17.0 Å². The summed E-state index contributed by atoms with van der Waals surface area (Å²) < 4.78 is 13.9. The van der Waals surface area contributed by atoms with Crippen molar-refractivity contribution in [3.8, 4) is 11.4 Å². The predicted molar refractivity (Wildman–Crippen MR) is 89.4 cm³/mol. The van der Waals surface area contributed by atoms with Crippen LogP contribution in [0.4, 0.5) is 10.2 Å². The van der Waals surface area contributed by atoms with Gasteiger partial charge in [-0.2, -0.15) is 0 Å². The lowest BCUT2D eigenvalue weighted by molar-refractivity contribution is 0.627. The molecule has 0 fully saturated rings. The Morgan fingerprint density at radius 2 is 2.10 bits per heavy atom. The van der Waals surface area contributed by atoms with E-state index < -0.39 is 0 Å². The van der Waals surface area contributed by atoms with Gasteiger partial charge in [0.1, 0.15) is 16.5 Å². The summed E-state index contributed by atoms with van der Waals surface area (Å²) >= 11 is 5.04. The Morgan fingerprint density at radius 3 is 2.76 bits per heavy atom. The first kappa shape index (κ1) is 14.4. The number of rotatable bonds is 3. The zero-order chi connectivity index (χ0) is 15.0. The average Bonchev–Trinajstić information content (AvgIpc) is 2.89. The largest absolute Gasteiger partial charge is 0.372 e. The lowest BCUT2D eigenvalue weighted by Crippen LogP contribution is -1.97. The number of hydrogen-bond acceptors (Lipinski definition) is 4. The molecule has 0 aliphatic heterocycles. The molecule has 1 aromatic carbocycles. The van der Waals surface area contributed by atoms with E-state index in [2.05, 4.69) is 44.2 Å². The third-order valence-electron chi connectivity index (χ3n) is 3.20. The summed E-state index contributed by atoms with van der Waals surface area (Å²) in [6, 6.07) is 6.65. The van der Waals surface area contributed by atoms with Crippen molar-refractivity contribution in [1.29, 1.82) is 0 Å². The van der Waals surface area contributed by atoms with Crippen LogP contribution in [0.5, 0.6) is 0 Å². The molecule has 0 aliphatic carbocycles. The zero-order valence-corrected chi connectivity index (χ0v) is 14.0. The summed E-state index contributed by atoms with van der Waals surface area (Å²) in [7, 11) is 1.84. The van der Waals surface area contributed by atoms with Crippen molar-refractivity contribution in [2.45, 2.75) is 13.3 Å². The molecule has 0 bridgehead atoms. The fourth-order valence-corrected chi connectivity index (χ4v) is 3.62. The minimum absolute atomic E-state index is 0.287. The monoisotopic (exact) mass is 365 g/mol. The number of aryl methyl sites for hydroxylation is 1. The summed E-state index contributed by atoms with van der Waals surface area (Å²) in [5.41, 5.74) is 0.779. The molecule has 1 N–H and O–H groups in total. The van der Waals surface area contributed by atoms with E-state index in [1.807, 2.05) is 7.05 Å². The van der Waals surface area contributed by atoms with E-state index in [4.69, 9.17) is 0 Å². The molecule has 0 spiro atoms. The molecule has 6 heteroatoms. The van der Waals surface area contributed by atoms with Crippen LogP contribution in [0.2, 0.25) is 0 Å². The summed E-state index contributed by atoms with van der Waals surface area (Å²) in [4.78, 5) is 11.4. The Kier molecular flexibility index (Phi) is 3.91. The maximum Gasteiger partial charge on any atom is 0.164 e. The van der Waals surface area contributed by atoms with E-state index in [9.17, 15) is 4.39 Å². The van der Waals surface area contributed by atoms with Crippen molar-refractivity contribution >= 4 is 43.3 Å². The Morgan fingerprint density at radius 1 is 1.29 bits per heavy atom. The molecule has 3 rings (SSSR count). The van der Waals surface area contributed by atoms with Crippen LogP contribution in [0.1, 0.15) is 11.8 Å². The molecule has 0 saturated carbocycles. The number of nitrogens with zero attached hydrogens (tertiary/aromatic N) is 2. The van der Waals surface area contributed by atoms with Gasteiger partial charge in [-0.1, -0.05) is 6.92 Å². The van der Waals surface area contributed by atoms with Gasteiger partial charge in [0.05, 0.1) is 5.39 Å². The van der Waals surface area contributed by atoms with Gasteiger partial charge in [0.25, 0.3) is 0 Å². The van der Waals surface area contributed by atoms with Gasteiger partial charge in [0, 0.05) is 22.0 Å². The Hall–Kier alpha value is -1.53. The fourth-order valence-electron chi connectivity index (χ4n) is 2.13. The highest BCUT2D eigenvalue weighted by Crippen LogP contribution is 2.33. The normalized spacial score (nSPS) is 11.0. The van der Waals surface area contributed by atoms with Crippen molar-refractivity contribution in [3.63, 3.8) is 0 Å². The first-order valence-corrected chi connectivity index (χ1v) is 8.17. The standard InChI is InChI=1S/C15H13BrFN3S/c1-3-9-7-11-13(18-2)19-14(20-15(11)21-9)10-5-4-8(17)6-12(10)16/h4-7H,3H2,1-2H3,(H,18,19,20). The Balaban J connectivity index is 2.23. The average molecular weight is 366 g/mol. The van der Waals surface area contributed by atoms with Crippen LogP contribution in [0.25, 0.3) is 21.6 Å². The zero-order valence-electron chi connectivity index (χ0n) is 11.6. The number of thiophene rings is 1. The van der Waals surface area contributed by atoms with Crippen molar-refractivity contribution in [2.24, 2.45) is 0 Å². The molecule has 21 heavy (non-hydrogen) atoms. The lowest BCUT2D eigenvalue weighted by Gasteiger charge is -2.07. The van der Waals surface area contributed by atoms with Crippen LogP contribution < -0.4 is 5.32 Å². The SMILES string of the molecule is CCc1cc2c(NC)nc(-c3ccc(F)cc3Br)nc2s1. The molecule has 0 radical (unpaired) electrons. The van der Waals surface area contributed by atoms with Gasteiger partial charge in [0.15, 0.2) is 5.82 Å². The molecule has 0 amide bonds. The summed E-state index contributed by atoms with van der Waals surface area (Å²) in [6.45, 7) is 2.12. The second kappa shape index (κ2) is 5.69. The van der Waals surface area contributed by atoms with Gasteiger partial charge in [0.2, 0.25) is 0 Å². The number of nitrogens with one attached hydrogen (secondary N) is 1. The highest BCUT2D eigenvalue weighted by Gasteiger charge is 2.13. The summed E-state index contributed by atoms with van der Waals surface area (Å²) in [5.74, 6) is 1.09. The highest BCUT2D eigenvalue weighted by molar-refractivity contribution is 9.10. The Bertz CT molecular complexity index is 816. The number of halogens is 2. The van der Waals surface area contributed by atoms with E-state index in [1.54, 1.807) is 17.4 Å². The van der Waals surface area contributed by atoms with Gasteiger partial charge < -0.3 is 5.32 Å². The number of aromatic nitrogens is 2. The quantitative estimate of drug-likeness (QED) is 0.719. The first-order valence-electron chi connectivity index (χ1n) is 6.56. The maximum absolute atomic E-state index is 13.2.